The number of halogens is 1. The van der Waals surface area contributed by atoms with Gasteiger partial charge < -0.3 is 0 Å². The third kappa shape index (κ3) is 2.04. The minimum absolute atomic E-state index is 0.245. The van der Waals surface area contributed by atoms with Crippen molar-refractivity contribution in [3.8, 4) is 0 Å². The smallest absolute Gasteiger partial charge is 0.0435 e. The lowest BCUT2D eigenvalue weighted by molar-refractivity contribution is 0.287. The number of fused-ring (bicyclic) bond motifs is 1. The maximum atomic E-state index is 5.96. The van der Waals surface area contributed by atoms with E-state index in [0.29, 0.717) is 0 Å². The van der Waals surface area contributed by atoms with Crippen molar-refractivity contribution in [3.05, 3.63) is 35.4 Å². The molecular weight excluding hydrogens is 182 g/mol. The fraction of sp³-hybridized carbons (Fsp3) is 0.455. The molecule has 0 saturated carbocycles. The molecular formula is C11H14ClN. The summed E-state index contributed by atoms with van der Waals surface area (Å²) in [5.41, 5.74) is 2.92. The van der Waals surface area contributed by atoms with Crippen LogP contribution in [0.15, 0.2) is 24.3 Å². The molecule has 1 unspecified atom stereocenters. The number of nitrogens with zero attached hydrogens (tertiary/aromatic N) is 1. The Hall–Kier alpha value is -0.530. The Kier molecular flexibility index (Phi) is 2.56. The first-order chi connectivity index (χ1) is 6.25. The number of hydrogen-bond donors (Lipinski definition) is 0. The molecule has 2 rings (SSSR count). The summed E-state index contributed by atoms with van der Waals surface area (Å²) in [5, 5.41) is 0.245. The third-order valence-corrected chi connectivity index (χ3v) is 2.55. The van der Waals surface area contributed by atoms with Crippen molar-refractivity contribution in [1.82, 2.24) is 4.90 Å². The molecule has 1 aromatic carbocycles. The Morgan fingerprint density at radius 1 is 1.31 bits per heavy atom. The van der Waals surface area contributed by atoms with Crippen LogP contribution in [0.2, 0.25) is 0 Å². The highest BCUT2D eigenvalue weighted by atomic mass is 35.5. The standard InChI is InChI=1S/C11H14ClN/c1-9(12)6-13-7-10-4-2-3-5-11(10)8-13/h2-5,9H,6-8H2,1H3. The molecule has 1 aliphatic rings. The largest absolute Gasteiger partial charge is 0.293 e. The van der Waals surface area contributed by atoms with Crippen LogP contribution >= 0.6 is 11.6 Å². The van der Waals surface area contributed by atoms with Crippen LogP contribution in [0.3, 0.4) is 0 Å². The molecule has 1 aromatic rings. The first-order valence-corrected chi connectivity index (χ1v) is 5.12. The van der Waals surface area contributed by atoms with Gasteiger partial charge in [0, 0.05) is 25.0 Å². The van der Waals surface area contributed by atoms with E-state index in [1.807, 2.05) is 6.92 Å². The van der Waals surface area contributed by atoms with E-state index in [1.54, 1.807) is 0 Å². The lowest BCUT2D eigenvalue weighted by Gasteiger charge is -2.15. The van der Waals surface area contributed by atoms with Crippen LogP contribution < -0.4 is 0 Å². The molecule has 0 fully saturated rings. The molecule has 70 valence electrons. The first-order valence-electron chi connectivity index (χ1n) is 4.69. The van der Waals surface area contributed by atoms with Crippen molar-refractivity contribution in [2.45, 2.75) is 25.4 Å². The maximum Gasteiger partial charge on any atom is 0.0435 e. The van der Waals surface area contributed by atoms with E-state index in [-0.39, 0.29) is 5.38 Å². The lowest BCUT2D eigenvalue weighted by atomic mass is 10.1. The average molecular weight is 196 g/mol. The van der Waals surface area contributed by atoms with Gasteiger partial charge in [0.25, 0.3) is 0 Å². The van der Waals surface area contributed by atoms with E-state index in [1.165, 1.54) is 11.1 Å². The minimum atomic E-state index is 0.245. The van der Waals surface area contributed by atoms with E-state index in [2.05, 4.69) is 29.2 Å². The summed E-state index contributed by atoms with van der Waals surface area (Å²) >= 11 is 5.96. The van der Waals surface area contributed by atoms with Crippen LogP contribution in [0.25, 0.3) is 0 Å². The fourth-order valence-electron chi connectivity index (χ4n) is 1.89. The highest BCUT2D eigenvalue weighted by molar-refractivity contribution is 6.20. The molecule has 0 saturated heterocycles. The first kappa shape index (κ1) is 9.04. The summed E-state index contributed by atoms with van der Waals surface area (Å²) in [4.78, 5) is 2.39. The molecule has 1 atom stereocenters. The highest BCUT2D eigenvalue weighted by Gasteiger charge is 2.18. The molecule has 1 aliphatic heterocycles. The van der Waals surface area contributed by atoms with Crippen molar-refractivity contribution < 1.29 is 0 Å². The molecule has 13 heavy (non-hydrogen) atoms. The molecule has 0 aromatic heterocycles. The lowest BCUT2D eigenvalue weighted by Crippen LogP contribution is -2.23. The monoisotopic (exact) mass is 195 g/mol. The predicted molar refractivity (Wildman–Crippen MR) is 55.9 cm³/mol. The zero-order valence-corrected chi connectivity index (χ0v) is 8.59. The van der Waals surface area contributed by atoms with Crippen LogP contribution in [-0.4, -0.2) is 16.8 Å². The second-order valence-corrected chi connectivity index (χ2v) is 4.46. The van der Waals surface area contributed by atoms with Crippen LogP contribution in [0.5, 0.6) is 0 Å². The molecule has 2 heteroatoms. The SMILES string of the molecule is CC(Cl)CN1Cc2ccccc2C1. The van der Waals surface area contributed by atoms with Gasteiger partial charge in [-0.05, 0) is 18.1 Å². The normalized spacial score (nSPS) is 18.6. The quantitative estimate of drug-likeness (QED) is 0.656. The number of hydrogen-bond acceptors (Lipinski definition) is 1. The summed E-state index contributed by atoms with van der Waals surface area (Å²) < 4.78 is 0. The Morgan fingerprint density at radius 2 is 1.85 bits per heavy atom. The van der Waals surface area contributed by atoms with Gasteiger partial charge in [-0.2, -0.15) is 0 Å². The molecule has 0 spiro atoms. The summed E-state index contributed by atoms with van der Waals surface area (Å²) in [6, 6.07) is 8.61. The van der Waals surface area contributed by atoms with Gasteiger partial charge in [-0.15, -0.1) is 11.6 Å². The van der Waals surface area contributed by atoms with Crippen molar-refractivity contribution in [3.63, 3.8) is 0 Å². The highest BCUT2D eigenvalue weighted by Crippen LogP contribution is 2.22. The molecule has 0 amide bonds. The Balaban J connectivity index is 2.05. The van der Waals surface area contributed by atoms with Crippen LogP contribution in [0.4, 0.5) is 0 Å². The molecule has 1 heterocycles. The second-order valence-electron chi connectivity index (χ2n) is 3.72. The predicted octanol–water partition coefficient (Wildman–Crippen LogP) is 2.63. The summed E-state index contributed by atoms with van der Waals surface area (Å²) in [5.74, 6) is 0. The van der Waals surface area contributed by atoms with E-state index in [0.717, 1.165) is 19.6 Å². The second kappa shape index (κ2) is 3.69. The van der Waals surface area contributed by atoms with Gasteiger partial charge in [0.15, 0.2) is 0 Å². The molecule has 0 radical (unpaired) electrons. The number of benzene rings is 1. The number of alkyl halides is 1. The van der Waals surface area contributed by atoms with Crippen LogP contribution in [0, 0.1) is 0 Å². The van der Waals surface area contributed by atoms with Crippen LogP contribution in [-0.2, 0) is 13.1 Å². The molecule has 1 nitrogen and oxygen atoms in total. The van der Waals surface area contributed by atoms with Crippen molar-refractivity contribution in [1.29, 1.82) is 0 Å². The number of rotatable bonds is 2. The van der Waals surface area contributed by atoms with Gasteiger partial charge >= 0.3 is 0 Å². The van der Waals surface area contributed by atoms with Crippen molar-refractivity contribution in [2.75, 3.05) is 6.54 Å². The Morgan fingerprint density at radius 3 is 2.31 bits per heavy atom. The van der Waals surface area contributed by atoms with Crippen molar-refractivity contribution >= 4 is 11.6 Å². The van der Waals surface area contributed by atoms with Gasteiger partial charge in [-0.1, -0.05) is 24.3 Å². The fourth-order valence-corrected chi connectivity index (χ4v) is 2.08. The van der Waals surface area contributed by atoms with E-state index in [4.69, 9.17) is 11.6 Å². The van der Waals surface area contributed by atoms with Crippen LogP contribution in [0.1, 0.15) is 18.1 Å². The molecule has 0 bridgehead atoms. The molecule has 0 aliphatic carbocycles. The zero-order valence-electron chi connectivity index (χ0n) is 7.83. The summed E-state index contributed by atoms with van der Waals surface area (Å²) in [6.07, 6.45) is 0. The van der Waals surface area contributed by atoms with Gasteiger partial charge in [0.2, 0.25) is 0 Å². The summed E-state index contributed by atoms with van der Waals surface area (Å²) in [6.45, 7) is 5.15. The van der Waals surface area contributed by atoms with Gasteiger partial charge in [0.05, 0.1) is 0 Å². The van der Waals surface area contributed by atoms with E-state index in [9.17, 15) is 0 Å². The van der Waals surface area contributed by atoms with E-state index >= 15 is 0 Å². The average Bonchev–Trinajstić information content (AvgIpc) is 2.44. The minimum Gasteiger partial charge on any atom is -0.293 e. The van der Waals surface area contributed by atoms with Gasteiger partial charge in [0.1, 0.15) is 0 Å². The Labute approximate surface area is 84.3 Å². The topological polar surface area (TPSA) is 3.24 Å². The molecule has 0 N–H and O–H groups in total. The summed E-state index contributed by atoms with van der Waals surface area (Å²) in [7, 11) is 0. The maximum absolute atomic E-state index is 5.96. The van der Waals surface area contributed by atoms with E-state index < -0.39 is 0 Å². The van der Waals surface area contributed by atoms with Gasteiger partial charge in [-0.3, -0.25) is 4.90 Å². The van der Waals surface area contributed by atoms with Gasteiger partial charge in [-0.25, -0.2) is 0 Å². The third-order valence-electron chi connectivity index (χ3n) is 2.42. The van der Waals surface area contributed by atoms with Crippen molar-refractivity contribution in [2.24, 2.45) is 0 Å². The zero-order chi connectivity index (χ0) is 9.26. The Bertz CT molecular complexity index is 271.